The van der Waals surface area contributed by atoms with Crippen molar-refractivity contribution in [1.82, 2.24) is 19.3 Å². The molecule has 0 aliphatic heterocycles. The highest BCUT2D eigenvalue weighted by molar-refractivity contribution is 7.99. The Hall–Kier alpha value is -1.60. The van der Waals surface area contributed by atoms with Crippen LogP contribution in [0.25, 0.3) is 0 Å². The first-order valence-electron chi connectivity index (χ1n) is 7.78. The summed E-state index contributed by atoms with van der Waals surface area (Å²) in [7, 11) is 1.66. The highest BCUT2D eigenvalue weighted by Crippen LogP contribution is 2.21. The zero-order chi connectivity index (χ0) is 16.8. The number of aryl methyl sites for hydroxylation is 1. The minimum atomic E-state index is 0.131. The summed E-state index contributed by atoms with van der Waals surface area (Å²) < 4.78 is 9.18. The van der Waals surface area contributed by atoms with E-state index >= 15 is 0 Å². The molecule has 126 valence electrons. The Morgan fingerprint density at radius 1 is 1.35 bits per heavy atom. The van der Waals surface area contributed by atoms with Crippen molar-refractivity contribution in [2.45, 2.75) is 45.4 Å². The molecule has 0 fully saturated rings. The van der Waals surface area contributed by atoms with Gasteiger partial charge < -0.3 is 13.9 Å². The fraction of sp³-hybridized carbons (Fsp3) is 0.562. The van der Waals surface area contributed by atoms with Crippen LogP contribution in [0.4, 0.5) is 0 Å². The molecule has 6 nitrogen and oxygen atoms in total. The number of ketones is 1. The second-order valence-corrected chi connectivity index (χ2v) is 6.39. The maximum Gasteiger partial charge on any atom is 0.191 e. The number of rotatable bonds is 9. The van der Waals surface area contributed by atoms with E-state index in [2.05, 4.69) is 21.7 Å². The van der Waals surface area contributed by atoms with Gasteiger partial charge in [-0.15, -0.1) is 10.2 Å². The molecule has 0 spiro atoms. The van der Waals surface area contributed by atoms with Gasteiger partial charge in [0.2, 0.25) is 0 Å². The molecule has 0 atom stereocenters. The molecule has 0 aliphatic rings. The normalized spacial score (nSPS) is 11.1. The molecule has 0 aliphatic carbocycles. The predicted molar refractivity (Wildman–Crippen MR) is 91.1 cm³/mol. The first-order valence-corrected chi connectivity index (χ1v) is 8.76. The summed E-state index contributed by atoms with van der Waals surface area (Å²) in [6, 6.07) is 1.99. The maximum atomic E-state index is 12.5. The van der Waals surface area contributed by atoms with Crippen molar-refractivity contribution in [3.63, 3.8) is 0 Å². The molecule has 7 heteroatoms. The maximum absolute atomic E-state index is 12.5. The topological polar surface area (TPSA) is 61.9 Å². The van der Waals surface area contributed by atoms with Crippen LogP contribution in [0.3, 0.4) is 0 Å². The van der Waals surface area contributed by atoms with Crippen LogP contribution in [-0.4, -0.2) is 44.6 Å². The second-order valence-electron chi connectivity index (χ2n) is 5.45. The zero-order valence-electron chi connectivity index (χ0n) is 14.2. The number of carbonyl (C=O) groups is 1. The number of Topliss-reactive ketones (excluding diaryl/α,β-unsaturated/α-hetero) is 1. The molecule has 0 aromatic carbocycles. The van der Waals surface area contributed by atoms with Gasteiger partial charge in [-0.05, 0) is 26.3 Å². The molecule has 0 unspecified atom stereocenters. The lowest BCUT2D eigenvalue weighted by atomic mass is 10.2. The van der Waals surface area contributed by atoms with Gasteiger partial charge in [0.15, 0.2) is 10.9 Å². The SMILES string of the molecule is CCCn1c(C)cc(C(=O)CSc2nncn2CCOC)c1C. The Bertz CT molecular complexity index is 663. The summed E-state index contributed by atoms with van der Waals surface area (Å²) >= 11 is 1.42. The minimum absolute atomic E-state index is 0.131. The smallest absolute Gasteiger partial charge is 0.191 e. The molecule has 2 aromatic rings. The first kappa shape index (κ1) is 17.7. The summed E-state index contributed by atoms with van der Waals surface area (Å²) in [6.45, 7) is 8.44. The summed E-state index contributed by atoms with van der Waals surface area (Å²) in [5.74, 6) is 0.494. The van der Waals surface area contributed by atoms with E-state index in [4.69, 9.17) is 4.74 Å². The van der Waals surface area contributed by atoms with Crippen LogP contribution >= 0.6 is 11.8 Å². The Morgan fingerprint density at radius 2 is 2.13 bits per heavy atom. The van der Waals surface area contributed by atoms with Crippen LogP contribution in [-0.2, 0) is 17.8 Å². The van der Waals surface area contributed by atoms with Gasteiger partial charge in [0.05, 0.1) is 12.4 Å². The highest BCUT2D eigenvalue weighted by Gasteiger charge is 2.16. The third-order valence-electron chi connectivity index (χ3n) is 3.77. The van der Waals surface area contributed by atoms with E-state index in [1.54, 1.807) is 13.4 Å². The molecular weight excluding hydrogens is 312 g/mol. The van der Waals surface area contributed by atoms with Gasteiger partial charge in [-0.3, -0.25) is 4.79 Å². The van der Waals surface area contributed by atoms with E-state index in [1.807, 2.05) is 24.5 Å². The standard InChI is InChI=1S/C16H24N4O2S/c1-5-6-20-12(2)9-14(13(20)3)15(21)10-23-16-18-17-11-19(16)7-8-22-4/h9,11H,5-8,10H2,1-4H3. The van der Waals surface area contributed by atoms with Crippen molar-refractivity contribution >= 4 is 17.5 Å². The van der Waals surface area contributed by atoms with Crippen molar-refractivity contribution < 1.29 is 9.53 Å². The summed E-state index contributed by atoms with van der Waals surface area (Å²) in [4.78, 5) is 12.5. The Morgan fingerprint density at radius 3 is 2.83 bits per heavy atom. The third kappa shape index (κ3) is 4.23. The van der Waals surface area contributed by atoms with E-state index in [9.17, 15) is 4.79 Å². The van der Waals surface area contributed by atoms with Gasteiger partial charge in [0.1, 0.15) is 6.33 Å². The van der Waals surface area contributed by atoms with Crippen molar-refractivity contribution in [3.8, 4) is 0 Å². The van der Waals surface area contributed by atoms with Crippen molar-refractivity contribution in [2.24, 2.45) is 0 Å². The van der Waals surface area contributed by atoms with Crippen molar-refractivity contribution in [3.05, 3.63) is 29.3 Å². The van der Waals surface area contributed by atoms with Gasteiger partial charge in [0, 0.05) is 37.2 Å². The first-order chi connectivity index (χ1) is 11.1. The number of hydrogen-bond acceptors (Lipinski definition) is 5. The molecule has 0 saturated carbocycles. The van der Waals surface area contributed by atoms with Gasteiger partial charge in [0.25, 0.3) is 0 Å². The molecule has 0 bridgehead atoms. The van der Waals surface area contributed by atoms with Crippen LogP contribution in [0.5, 0.6) is 0 Å². The summed E-state index contributed by atoms with van der Waals surface area (Å²) in [5.41, 5.74) is 3.00. The lowest BCUT2D eigenvalue weighted by Gasteiger charge is -2.08. The molecule has 23 heavy (non-hydrogen) atoms. The third-order valence-corrected chi connectivity index (χ3v) is 4.75. The fourth-order valence-electron chi connectivity index (χ4n) is 2.56. The van der Waals surface area contributed by atoms with E-state index in [-0.39, 0.29) is 5.78 Å². The van der Waals surface area contributed by atoms with Crippen LogP contribution < -0.4 is 0 Å². The molecule has 0 N–H and O–H groups in total. The van der Waals surface area contributed by atoms with Crippen LogP contribution in [0.2, 0.25) is 0 Å². The van der Waals surface area contributed by atoms with Gasteiger partial charge in [-0.25, -0.2) is 0 Å². The van der Waals surface area contributed by atoms with E-state index in [0.717, 1.165) is 35.1 Å². The Balaban J connectivity index is 2.03. The lowest BCUT2D eigenvalue weighted by molar-refractivity contribution is 0.102. The fourth-order valence-corrected chi connectivity index (χ4v) is 3.38. The zero-order valence-corrected chi connectivity index (χ0v) is 15.0. The highest BCUT2D eigenvalue weighted by atomic mass is 32.2. The van der Waals surface area contributed by atoms with Crippen LogP contribution in [0.1, 0.15) is 35.1 Å². The number of methoxy groups -OCH3 is 1. The quantitative estimate of drug-likeness (QED) is 0.520. The van der Waals surface area contributed by atoms with Gasteiger partial charge in [-0.1, -0.05) is 18.7 Å². The predicted octanol–water partition coefficient (Wildman–Crippen LogP) is 2.73. The minimum Gasteiger partial charge on any atom is -0.383 e. The van der Waals surface area contributed by atoms with E-state index < -0.39 is 0 Å². The average Bonchev–Trinajstić information content (AvgIpc) is 3.10. The van der Waals surface area contributed by atoms with Gasteiger partial charge >= 0.3 is 0 Å². The molecule has 0 radical (unpaired) electrons. The Kier molecular flexibility index (Phi) is 6.41. The molecule has 2 heterocycles. The van der Waals surface area contributed by atoms with Crippen LogP contribution in [0.15, 0.2) is 17.6 Å². The molecular formula is C16H24N4O2S. The number of ether oxygens (including phenoxy) is 1. The van der Waals surface area contributed by atoms with E-state index in [1.165, 1.54) is 11.8 Å². The number of hydrogen-bond donors (Lipinski definition) is 0. The molecule has 2 rings (SSSR count). The lowest BCUT2D eigenvalue weighted by Crippen LogP contribution is -2.08. The molecule has 0 saturated heterocycles. The average molecular weight is 336 g/mol. The largest absolute Gasteiger partial charge is 0.383 e. The van der Waals surface area contributed by atoms with Gasteiger partial charge in [-0.2, -0.15) is 0 Å². The summed E-state index contributed by atoms with van der Waals surface area (Å²) in [5, 5.41) is 8.73. The van der Waals surface area contributed by atoms with E-state index in [0.29, 0.717) is 18.9 Å². The van der Waals surface area contributed by atoms with Crippen molar-refractivity contribution in [2.75, 3.05) is 19.5 Å². The number of carbonyl (C=O) groups excluding carboxylic acids is 1. The summed E-state index contributed by atoms with van der Waals surface area (Å²) in [6.07, 6.45) is 2.72. The number of thioether (sulfide) groups is 1. The monoisotopic (exact) mass is 336 g/mol. The second kappa shape index (κ2) is 8.31. The molecule has 0 amide bonds. The molecule has 2 aromatic heterocycles. The Labute approximate surface area is 141 Å². The van der Waals surface area contributed by atoms with Crippen LogP contribution in [0, 0.1) is 13.8 Å². The number of nitrogens with zero attached hydrogens (tertiary/aromatic N) is 4. The number of aromatic nitrogens is 4. The van der Waals surface area contributed by atoms with Crippen molar-refractivity contribution in [1.29, 1.82) is 0 Å².